The lowest BCUT2D eigenvalue weighted by Crippen LogP contribution is -2.46. The van der Waals surface area contributed by atoms with Gasteiger partial charge in [-0.2, -0.15) is 5.10 Å². The summed E-state index contributed by atoms with van der Waals surface area (Å²) in [7, 11) is 0. The number of hydrogen-bond acceptors (Lipinski definition) is 8. The first kappa shape index (κ1) is 38.9. The van der Waals surface area contributed by atoms with Gasteiger partial charge in [-0.25, -0.2) is 22.2 Å². The average molecular weight is 715 g/mol. The van der Waals surface area contributed by atoms with E-state index in [2.05, 4.69) is 5.32 Å². The summed E-state index contributed by atoms with van der Waals surface area (Å²) in [6.45, 7) is 3.72. The molecule has 2 unspecified atom stereocenters. The Kier molecular flexibility index (Phi) is 12.6. The zero-order valence-electron chi connectivity index (χ0n) is 28.5. The van der Waals surface area contributed by atoms with Gasteiger partial charge in [0.05, 0.1) is 24.4 Å². The lowest BCUT2D eigenvalue weighted by atomic mass is 9.82. The van der Waals surface area contributed by atoms with Gasteiger partial charge in [-0.3, -0.25) is 19.3 Å². The molecule has 5 rings (SSSR count). The first-order valence-electron chi connectivity index (χ1n) is 16.3. The fourth-order valence-electron chi connectivity index (χ4n) is 5.94. The number of nitrogens with one attached hydrogen (secondary N) is 1. The number of benzene rings is 2. The molecule has 0 aliphatic carbocycles. The molecule has 274 valence electrons. The van der Waals surface area contributed by atoms with Crippen molar-refractivity contribution in [2.75, 3.05) is 32.8 Å². The standard InChI is InChI=1S/C33H36F2N6O4.C3H6F2O/c1-33(2)18-24(20-42)39(14-12-26(36)32(45)37-13-15-40-28(43)10-11-29(40)44)31(33)30-22(16-21-6-4-3-5-7-21)19-41(38-30)27-17-23(34)8-9-25(27)35;1-3(4,5)2-6/h3-11,17-19,26,31,42H,12-16,20,36H2,1-2H3,(H,37,45);6H,2H2,1H3. The zero-order valence-corrected chi connectivity index (χ0v) is 28.5. The molecule has 2 aromatic carbocycles. The molecule has 0 saturated carbocycles. The van der Waals surface area contributed by atoms with Crippen molar-refractivity contribution in [1.82, 2.24) is 24.9 Å². The van der Waals surface area contributed by atoms with Crippen molar-refractivity contribution in [3.8, 4) is 5.69 Å². The van der Waals surface area contributed by atoms with Crippen molar-refractivity contribution in [3.05, 3.63) is 107 Å². The molecule has 0 bridgehead atoms. The molecule has 2 aliphatic rings. The van der Waals surface area contributed by atoms with Crippen LogP contribution in [0.1, 0.15) is 50.1 Å². The van der Waals surface area contributed by atoms with Gasteiger partial charge in [-0.15, -0.1) is 0 Å². The van der Waals surface area contributed by atoms with E-state index in [4.69, 9.17) is 15.9 Å². The van der Waals surface area contributed by atoms with Gasteiger partial charge in [-0.1, -0.05) is 50.3 Å². The second-order valence-electron chi connectivity index (χ2n) is 13.0. The second-order valence-corrected chi connectivity index (χ2v) is 13.0. The molecule has 3 amide bonds. The van der Waals surface area contributed by atoms with Gasteiger partial charge in [0.25, 0.3) is 17.7 Å². The SMILES string of the molecule is CC(F)(F)CO.CC1(C)C=C(CO)N(CCC(N)C(=O)NCCN2C(=O)C=CC2=O)C1c1nn(-c2cc(F)ccc2F)cc1Cc1ccccc1. The highest BCUT2D eigenvalue weighted by atomic mass is 19.3. The number of carbonyl (C=O) groups excluding carboxylic acids is 3. The van der Waals surface area contributed by atoms with Gasteiger partial charge >= 0.3 is 0 Å². The summed E-state index contributed by atoms with van der Waals surface area (Å²) < 4.78 is 52.8. The van der Waals surface area contributed by atoms with E-state index in [0.717, 1.165) is 34.2 Å². The number of aliphatic hydroxyl groups excluding tert-OH is 2. The maximum atomic E-state index is 14.9. The van der Waals surface area contributed by atoms with Crippen LogP contribution in [-0.4, -0.2) is 92.3 Å². The summed E-state index contributed by atoms with van der Waals surface area (Å²) in [5, 5.41) is 25.5. The number of halogens is 4. The Bertz CT molecular complexity index is 1750. The molecular weight excluding hydrogens is 672 g/mol. The van der Waals surface area contributed by atoms with Crippen LogP contribution >= 0.6 is 0 Å². The monoisotopic (exact) mass is 714 g/mol. The minimum atomic E-state index is -2.90. The first-order valence-corrected chi connectivity index (χ1v) is 16.3. The molecule has 2 aliphatic heterocycles. The lowest BCUT2D eigenvalue weighted by molar-refractivity contribution is -0.137. The number of aliphatic hydroxyl groups is 2. The Morgan fingerprint density at radius 1 is 1.06 bits per heavy atom. The average Bonchev–Trinajstić information content (AvgIpc) is 3.72. The van der Waals surface area contributed by atoms with Gasteiger partial charge in [0.15, 0.2) is 0 Å². The third-order valence-corrected chi connectivity index (χ3v) is 8.39. The first-order chi connectivity index (χ1) is 24.0. The second kappa shape index (κ2) is 16.4. The predicted molar refractivity (Wildman–Crippen MR) is 180 cm³/mol. The van der Waals surface area contributed by atoms with Gasteiger partial charge in [0, 0.05) is 74.1 Å². The molecule has 51 heavy (non-hydrogen) atoms. The van der Waals surface area contributed by atoms with Crippen molar-refractivity contribution in [2.24, 2.45) is 11.1 Å². The van der Waals surface area contributed by atoms with Crippen LogP contribution in [0, 0.1) is 17.0 Å². The highest BCUT2D eigenvalue weighted by Gasteiger charge is 2.43. The molecule has 2 atom stereocenters. The zero-order chi connectivity index (χ0) is 37.5. The van der Waals surface area contributed by atoms with Gasteiger partial charge in [-0.05, 0) is 24.1 Å². The fourth-order valence-corrected chi connectivity index (χ4v) is 5.94. The fraction of sp³-hybridized carbons (Fsp3) is 0.389. The number of nitrogens with zero attached hydrogens (tertiary/aromatic N) is 4. The molecule has 1 aromatic heterocycles. The quantitative estimate of drug-likeness (QED) is 0.155. The molecule has 0 fully saturated rings. The van der Waals surface area contributed by atoms with E-state index in [9.17, 15) is 37.1 Å². The van der Waals surface area contributed by atoms with Gasteiger partial charge in [0.2, 0.25) is 5.91 Å². The van der Waals surface area contributed by atoms with E-state index in [1.54, 1.807) is 6.20 Å². The molecule has 0 saturated heterocycles. The number of amides is 3. The number of carbonyl (C=O) groups is 3. The summed E-state index contributed by atoms with van der Waals surface area (Å²) in [5.74, 6) is -5.43. The Balaban J connectivity index is 0.000000894. The molecule has 0 spiro atoms. The number of imide groups is 1. The summed E-state index contributed by atoms with van der Waals surface area (Å²) in [5.41, 5.74) is 8.73. The van der Waals surface area contributed by atoms with Crippen molar-refractivity contribution in [2.45, 2.75) is 51.6 Å². The smallest absolute Gasteiger partial charge is 0.267 e. The van der Waals surface area contributed by atoms with Crippen LogP contribution in [-0.2, 0) is 20.8 Å². The van der Waals surface area contributed by atoms with E-state index in [1.807, 2.05) is 55.2 Å². The van der Waals surface area contributed by atoms with Crippen LogP contribution in [0.5, 0.6) is 0 Å². The van der Waals surface area contributed by atoms with E-state index in [-0.39, 0.29) is 38.3 Å². The molecule has 11 nitrogen and oxygen atoms in total. The number of nitrogens with two attached hydrogens (primary N) is 1. The van der Waals surface area contributed by atoms with Gasteiger partial charge < -0.3 is 26.2 Å². The third kappa shape index (κ3) is 9.90. The predicted octanol–water partition coefficient (Wildman–Crippen LogP) is 3.39. The Hall–Kier alpha value is -4.86. The number of hydrogen-bond donors (Lipinski definition) is 4. The van der Waals surface area contributed by atoms with Crippen LogP contribution in [0.25, 0.3) is 5.69 Å². The highest BCUT2D eigenvalue weighted by Crippen LogP contribution is 2.48. The summed E-state index contributed by atoms with van der Waals surface area (Å²) in [4.78, 5) is 39.3. The maximum absolute atomic E-state index is 14.9. The van der Waals surface area contributed by atoms with E-state index < -0.39 is 59.4 Å². The molecule has 3 heterocycles. The lowest BCUT2D eigenvalue weighted by Gasteiger charge is -2.36. The van der Waals surface area contributed by atoms with Crippen molar-refractivity contribution < 1.29 is 42.2 Å². The largest absolute Gasteiger partial charge is 0.390 e. The topological polar surface area (TPSA) is 154 Å². The van der Waals surface area contributed by atoms with Crippen LogP contribution in [0.3, 0.4) is 0 Å². The summed E-state index contributed by atoms with van der Waals surface area (Å²) >= 11 is 0. The highest BCUT2D eigenvalue weighted by molar-refractivity contribution is 6.12. The minimum Gasteiger partial charge on any atom is -0.390 e. The molecule has 15 heteroatoms. The molecule has 3 aromatic rings. The van der Waals surface area contributed by atoms with Crippen LogP contribution in [0.15, 0.2) is 78.7 Å². The maximum Gasteiger partial charge on any atom is 0.267 e. The minimum absolute atomic E-state index is 0.0277. The third-order valence-electron chi connectivity index (χ3n) is 8.39. The molecule has 5 N–H and O–H groups in total. The molecular formula is C36H42F4N6O5. The van der Waals surface area contributed by atoms with E-state index in [1.165, 1.54) is 16.8 Å². The van der Waals surface area contributed by atoms with Crippen LogP contribution in [0.4, 0.5) is 17.6 Å². The number of rotatable bonds is 13. The number of alkyl halides is 2. The van der Waals surface area contributed by atoms with E-state index in [0.29, 0.717) is 24.7 Å². The van der Waals surface area contributed by atoms with Crippen molar-refractivity contribution >= 4 is 17.7 Å². The summed E-state index contributed by atoms with van der Waals surface area (Å²) in [6.07, 6.45) is 6.71. The Labute approximate surface area is 293 Å². The Morgan fingerprint density at radius 3 is 2.31 bits per heavy atom. The van der Waals surface area contributed by atoms with E-state index >= 15 is 0 Å². The van der Waals surface area contributed by atoms with Crippen molar-refractivity contribution in [1.29, 1.82) is 0 Å². The van der Waals surface area contributed by atoms with Crippen LogP contribution in [0.2, 0.25) is 0 Å². The normalized spacial score (nSPS) is 17.4. The Morgan fingerprint density at radius 2 is 1.71 bits per heavy atom. The van der Waals surface area contributed by atoms with Crippen molar-refractivity contribution in [3.63, 3.8) is 0 Å². The molecule has 0 radical (unpaired) electrons. The summed E-state index contributed by atoms with van der Waals surface area (Å²) in [6, 6.07) is 11.6. The number of aromatic nitrogens is 2. The van der Waals surface area contributed by atoms with Gasteiger partial charge in [0.1, 0.15) is 23.9 Å². The van der Waals surface area contributed by atoms with Crippen LogP contribution < -0.4 is 11.1 Å².